The van der Waals surface area contributed by atoms with Crippen LogP contribution in [0.4, 0.5) is 5.82 Å². The smallest absolute Gasteiger partial charge is 0.257 e. The Morgan fingerprint density at radius 1 is 1.69 bits per heavy atom. The minimum Gasteiger partial charge on any atom is -0.383 e. The molecule has 1 aromatic rings. The molecular formula is C10H16N4O2. The number of nitrogens with two attached hydrogens (primary N) is 1. The topological polar surface area (TPSA) is 80.5 Å². The van der Waals surface area contributed by atoms with Gasteiger partial charge in [-0.25, -0.2) is 10.8 Å². The van der Waals surface area contributed by atoms with Gasteiger partial charge in [-0.15, -0.1) is 0 Å². The number of anilines is 1. The van der Waals surface area contributed by atoms with Gasteiger partial charge in [-0.05, 0) is 12.1 Å². The largest absolute Gasteiger partial charge is 0.383 e. The van der Waals surface area contributed by atoms with Crippen LogP contribution in [-0.4, -0.2) is 43.1 Å². The molecule has 1 heterocycles. The van der Waals surface area contributed by atoms with E-state index < -0.39 is 0 Å². The summed E-state index contributed by atoms with van der Waals surface area (Å²) in [5.74, 6) is 5.51. The maximum Gasteiger partial charge on any atom is 0.257 e. The summed E-state index contributed by atoms with van der Waals surface area (Å²) in [6.45, 7) is 1.02. The van der Waals surface area contributed by atoms with E-state index in [2.05, 4.69) is 10.4 Å². The van der Waals surface area contributed by atoms with Gasteiger partial charge in [0.2, 0.25) is 0 Å². The van der Waals surface area contributed by atoms with Gasteiger partial charge in [-0.1, -0.05) is 0 Å². The number of carbonyl (C=O) groups excluding carboxylic acids is 1. The van der Waals surface area contributed by atoms with Crippen LogP contribution in [0.3, 0.4) is 0 Å². The Hall–Kier alpha value is -1.66. The second-order valence-corrected chi connectivity index (χ2v) is 3.26. The molecule has 0 aromatic carbocycles. The number of nitrogen functional groups attached to an aromatic ring is 1. The highest BCUT2D eigenvalue weighted by Gasteiger charge is 2.15. The van der Waals surface area contributed by atoms with Crippen LogP contribution in [-0.2, 0) is 4.74 Å². The summed E-state index contributed by atoms with van der Waals surface area (Å²) in [5.41, 5.74) is 2.85. The summed E-state index contributed by atoms with van der Waals surface area (Å²) >= 11 is 0. The van der Waals surface area contributed by atoms with E-state index in [9.17, 15) is 4.79 Å². The van der Waals surface area contributed by atoms with Crippen LogP contribution in [0.25, 0.3) is 0 Å². The van der Waals surface area contributed by atoms with Crippen LogP contribution in [0.5, 0.6) is 0 Å². The predicted octanol–water partition coefficient (Wildman–Crippen LogP) is 0.0856. The van der Waals surface area contributed by atoms with E-state index in [1.54, 1.807) is 37.4 Å². The molecule has 0 fully saturated rings. The fraction of sp³-hybridized carbons (Fsp3) is 0.400. The monoisotopic (exact) mass is 224 g/mol. The van der Waals surface area contributed by atoms with Crippen LogP contribution in [0.1, 0.15) is 10.4 Å². The molecule has 0 radical (unpaired) electrons. The molecule has 1 aromatic heterocycles. The van der Waals surface area contributed by atoms with E-state index in [-0.39, 0.29) is 5.91 Å². The molecule has 6 heteroatoms. The van der Waals surface area contributed by atoms with Crippen molar-refractivity contribution >= 4 is 11.7 Å². The molecule has 0 unspecified atom stereocenters. The van der Waals surface area contributed by atoms with Gasteiger partial charge >= 0.3 is 0 Å². The molecule has 0 spiro atoms. The number of amides is 1. The summed E-state index contributed by atoms with van der Waals surface area (Å²) in [6, 6.07) is 3.37. The van der Waals surface area contributed by atoms with Gasteiger partial charge in [-0.3, -0.25) is 4.79 Å². The Kier molecular flexibility index (Phi) is 4.68. The summed E-state index contributed by atoms with van der Waals surface area (Å²) in [6.07, 6.45) is 1.57. The standard InChI is InChI=1S/C10H16N4O2/c1-14(6-7-16-2)10(15)8-4-3-5-12-9(8)13-11/h3-5H,6-7,11H2,1-2H3,(H,12,13). The highest BCUT2D eigenvalue weighted by molar-refractivity contribution is 5.98. The van der Waals surface area contributed by atoms with E-state index in [4.69, 9.17) is 10.6 Å². The number of hydrogen-bond acceptors (Lipinski definition) is 5. The zero-order valence-corrected chi connectivity index (χ0v) is 9.43. The number of aromatic nitrogens is 1. The first-order chi connectivity index (χ1) is 7.70. The number of rotatable bonds is 5. The van der Waals surface area contributed by atoms with Crippen molar-refractivity contribution in [2.24, 2.45) is 5.84 Å². The van der Waals surface area contributed by atoms with Crippen molar-refractivity contribution < 1.29 is 9.53 Å². The van der Waals surface area contributed by atoms with E-state index in [0.717, 1.165) is 0 Å². The minimum absolute atomic E-state index is 0.141. The second-order valence-electron chi connectivity index (χ2n) is 3.26. The average molecular weight is 224 g/mol. The SMILES string of the molecule is COCCN(C)C(=O)c1cccnc1NN. The van der Waals surface area contributed by atoms with Crippen molar-refractivity contribution in [3.05, 3.63) is 23.9 Å². The Morgan fingerprint density at radius 3 is 3.06 bits per heavy atom. The third-order valence-electron chi connectivity index (χ3n) is 2.15. The Labute approximate surface area is 94.4 Å². The first-order valence-electron chi connectivity index (χ1n) is 4.86. The molecule has 0 aliphatic rings. The van der Waals surface area contributed by atoms with Crippen LogP contribution < -0.4 is 11.3 Å². The van der Waals surface area contributed by atoms with E-state index in [1.165, 1.54) is 0 Å². The number of carbonyl (C=O) groups is 1. The lowest BCUT2D eigenvalue weighted by atomic mass is 10.2. The molecule has 16 heavy (non-hydrogen) atoms. The molecule has 0 atom stereocenters. The second kappa shape index (κ2) is 6.04. The molecule has 0 aliphatic heterocycles. The maximum absolute atomic E-state index is 12.0. The van der Waals surface area contributed by atoms with Gasteiger partial charge in [0, 0.05) is 26.9 Å². The molecule has 0 saturated heterocycles. The van der Waals surface area contributed by atoms with Crippen molar-refractivity contribution in [3.8, 4) is 0 Å². The summed E-state index contributed by atoms with van der Waals surface area (Å²) in [5, 5.41) is 0. The lowest BCUT2D eigenvalue weighted by molar-refractivity contribution is 0.0745. The molecule has 88 valence electrons. The number of hydrazine groups is 1. The van der Waals surface area contributed by atoms with Crippen molar-refractivity contribution in [2.75, 3.05) is 32.7 Å². The molecule has 3 N–H and O–H groups in total. The molecule has 0 aliphatic carbocycles. The normalized spacial score (nSPS) is 9.94. The Morgan fingerprint density at radius 2 is 2.44 bits per heavy atom. The summed E-state index contributed by atoms with van der Waals surface area (Å²) in [4.78, 5) is 17.5. The van der Waals surface area contributed by atoms with E-state index in [1.807, 2.05) is 0 Å². The fourth-order valence-electron chi connectivity index (χ4n) is 1.23. The summed E-state index contributed by atoms with van der Waals surface area (Å²) in [7, 11) is 3.30. The van der Waals surface area contributed by atoms with Crippen molar-refractivity contribution in [1.29, 1.82) is 0 Å². The predicted molar refractivity (Wildman–Crippen MR) is 60.9 cm³/mol. The van der Waals surface area contributed by atoms with E-state index in [0.29, 0.717) is 24.5 Å². The quantitative estimate of drug-likeness (QED) is 0.547. The molecule has 0 saturated carbocycles. The molecule has 1 amide bonds. The maximum atomic E-state index is 12.0. The number of methoxy groups -OCH3 is 1. The van der Waals surface area contributed by atoms with Crippen molar-refractivity contribution in [2.45, 2.75) is 0 Å². The number of ether oxygens (including phenoxy) is 1. The van der Waals surface area contributed by atoms with Crippen LogP contribution in [0, 0.1) is 0 Å². The van der Waals surface area contributed by atoms with Gasteiger partial charge in [0.1, 0.15) is 0 Å². The van der Waals surface area contributed by atoms with Gasteiger partial charge < -0.3 is 15.1 Å². The lowest BCUT2D eigenvalue weighted by Gasteiger charge is -2.17. The molecular weight excluding hydrogens is 208 g/mol. The minimum atomic E-state index is -0.141. The highest BCUT2D eigenvalue weighted by Crippen LogP contribution is 2.11. The van der Waals surface area contributed by atoms with Crippen molar-refractivity contribution in [1.82, 2.24) is 9.88 Å². The van der Waals surface area contributed by atoms with Gasteiger partial charge in [-0.2, -0.15) is 0 Å². The third kappa shape index (κ3) is 2.91. The first kappa shape index (κ1) is 12.4. The number of pyridine rings is 1. The molecule has 6 nitrogen and oxygen atoms in total. The van der Waals surface area contributed by atoms with Gasteiger partial charge in [0.05, 0.1) is 12.2 Å². The van der Waals surface area contributed by atoms with Crippen molar-refractivity contribution in [3.63, 3.8) is 0 Å². The van der Waals surface area contributed by atoms with Crippen LogP contribution in [0.15, 0.2) is 18.3 Å². The highest BCUT2D eigenvalue weighted by atomic mass is 16.5. The fourth-order valence-corrected chi connectivity index (χ4v) is 1.23. The Balaban J connectivity index is 2.79. The van der Waals surface area contributed by atoms with Crippen LogP contribution >= 0.6 is 0 Å². The van der Waals surface area contributed by atoms with Gasteiger partial charge in [0.15, 0.2) is 5.82 Å². The first-order valence-corrected chi connectivity index (χ1v) is 4.86. The molecule has 0 bridgehead atoms. The number of likely N-dealkylation sites (N-methyl/N-ethyl adjacent to an activating group) is 1. The third-order valence-corrected chi connectivity index (χ3v) is 2.15. The van der Waals surface area contributed by atoms with Gasteiger partial charge in [0.25, 0.3) is 5.91 Å². The Bertz CT molecular complexity index is 356. The number of hydrogen-bond donors (Lipinski definition) is 2. The molecule has 1 rings (SSSR count). The van der Waals surface area contributed by atoms with Crippen LogP contribution in [0.2, 0.25) is 0 Å². The van der Waals surface area contributed by atoms with E-state index >= 15 is 0 Å². The summed E-state index contributed by atoms with van der Waals surface area (Å²) < 4.78 is 4.91. The number of nitrogens with one attached hydrogen (secondary N) is 1. The average Bonchev–Trinajstić information content (AvgIpc) is 2.34. The zero-order chi connectivity index (χ0) is 12.0. The zero-order valence-electron chi connectivity index (χ0n) is 9.43. The lowest BCUT2D eigenvalue weighted by Crippen LogP contribution is -2.31. The number of nitrogens with zero attached hydrogens (tertiary/aromatic N) is 2.